The fourth-order valence-electron chi connectivity index (χ4n) is 1.39. The van der Waals surface area contributed by atoms with Gasteiger partial charge in [0.25, 0.3) is 5.69 Å². The maximum Gasteiger partial charge on any atom is 0.273 e. The predicted molar refractivity (Wildman–Crippen MR) is 66.8 cm³/mol. The first-order valence-electron chi connectivity index (χ1n) is 5.36. The van der Waals surface area contributed by atoms with Gasteiger partial charge in [-0.3, -0.25) is 10.1 Å². The number of nitrogen functional groups attached to an aromatic ring is 1. The highest BCUT2D eigenvalue weighted by Gasteiger charge is 2.13. The monoisotopic (exact) mass is 239 g/mol. The first-order chi connectivity index (χ1) is 7.93. The predicted octanol–water partition coefficient (Wildman–Crippen LogP) is 1.61. The summed E-state index contributed by atoms with van der Waals surface area (Å²) in [7, 11) is 0. The molecule has 2 unspecified atom stereocenters. The van der Waals surface area contributed by atoms with Crippen LogP contribution in [0, 0.1) is 16.0 Å². The normalized spacial score (nSPS) is 14.1. The highest BCUT2D eigenvalue weighted by atomic mass is 16.6. The van der Waals surface area contributed by atoms with Crippen LogP contribution >= 0.6 is 0 Å². The lowest BCUT2D eigenvalue weighted by atomic mass is 10.0. The fourth-order valence-corrected chi connectivity index (χ4v) is 1.39. The van der Waals surface area contributed by atoms with Gasteiger partial charge in [-0.15, -0.1) is 0 Å². The number of nitrogens with one attached hydrogen (secondary N) is 1. The van der Waals surface area contributed by atoms with Gasteiger partial charge in [-0.2, -0.15) is 0 Å². The van der Waals surface area contributed by atoms with Crippen LogP contribution in [0.2, 0.25) is 0 Å². The second kappa shape index (κ2) is 5.49. The van der Waals surface area contributed by atoms with Gasteiger partial charge in [-0.1, -0.05) is 6.92 Å². The Labute approximate surface area is 99.6 Å². The number of anilines is 2. The molecule has 0 aliphatic carbocycles. The Morgan fingerprint density at radius 3 is 2.65 bits per heavy atom. The lowest BCUT2D eigenvalue weighted by Crippen LogP contribution is -2.26. The van der Waals surface area contributed by atoms with Crippen molar-refractivity contribution in [3.05, 3.63) is 28.3 Å². The number of hydrogen-bond acceptors (Lipinski definition) is 5. The van der Waals surface area contributed by atoms with E-state index < -0.39 is 4.92 Å². The van der Waals surface area contributed by atoms with E-state index in [2.05, 4.69) is 5.32 Å². The molecule has 1 aromatic rings. The van der Waals surface area contributed by atoms with Crippen molar-refractivity contribution in [3.8, 4) is 0 Å². The molecule has 0 radical (unpaired) electrons. The van der Waals surface area contributed by atoms with Gasteiger partial charge in [0.1, 0.15) is 0 Å². The Balaban J connectivity index is 2.87. The average molecular weight is 239 g/mol. The van der Waals surface area contributed by atoms with Crippen molar-refractivity contribution >= 4 is 17.1 Å². The van der Waals surface area contributed by atoms with E-state index in [9.17, 15) is 10.1 Å². The molecule has 17 heavy (non-hydrogen) atoms. The lowest BCUT2D eigenvalue weighted by Gasteiger charge is -2.20. The van der Waals surface area contributed by atoms with Gasteiger partial charge in [-0.25, -0.2) is 0 Å². The van der Waals surface area contributed by atoms with Crippen LogP contribution < -0.4 is 11.1 Å². The van der Waals surface area contributed by atoms with E-state index in [4.69, 9.17) is 10.8 Å². The molecule has 0 spiro atoms. The molecular weight excluding hydrogens is 222 g/mol. The molecule has 1 aromatic carbocycles. The van der Waals surface area contributed by atoms with Crippen LogP contribution in [0.25, 0.3) is 0 Å². The molecule has 1 rings (SSSR count). The molecular formula is C11H17N3O3. The van der Waals surface area contributed by atoms with Crippen molar-refractivity contribution in [1.82, 2.24) is 0 Å². The molecule has 0 aliphatic rings. The van der Waals surface area contributed by atoms with Gasteiger partial charge in [0.2, 0.25) is 0 Å². The molecule has 0 aromatic heterocycles. The first-order valence-corrected chi connectivity index (χ1v) is 5.36. The summed E-state index contributed by atoms with van der Waals surface area (Å²) in [6, 6.07) is 4.37. The number of nitro groups is 1. The average Bonchev–Trinajstić information content (AvgIpc) is 2.26. The SMILES string of the molecule is CC(CO)C(C)Nc1cc(N)cc([N+](=O)[O-])c1. The van der Waals surface area contributed by atoms with Crippen molar-refractivity contribution in [2.24, 2.45) is 5.92 Å². The first kappa shape index (κ1) is 13.2. The molecule has 4 N–H and O–H groups in total. The second-order valence-electron chi connectivity index (χ2n) is 4.16. The standard InChI is InChI=1S/C11H17N3O3/c1-7(6-15)8(2)13-10-3-9(12)4-11(5-10)14(16)17/h3-5,7-8,13,15H,6,12H2,1-2H3. The Hall–Kier alpha value is -1.82. The zero-order valence-corrected chi connectivity index (χ0v) is 9.88. The number of nitrogens with zero attached hydrogens (tertiary/aromatic N) is 1. The van der Waals surface area contributed by atoms with Crippen molar-refractivity contribution in [2.45, 2.75) is 19.9 Å². The minimum Gasteiger partial charge on any atom is -0.398 e. The molecule has 6 nitrogen and oxygen atoms in total. The summed E-state index contributed by atoms with van der Waals surface area (Å²) in [6.07, 6.45) is 0. The molecule has 0 saturated heterocycles. The molecule has 0 bridgehead atoms. The van der Waals surface area contributed by atoms with E-state index in [1.54, 1.807) is 6.07 Å². The van der Waals surface area contributed by atoms with Crippen molar-refractivity contribution < 1.29 is 10.0 Å². The highest BCUT2D eigenvalue weighted by molar-refractivity contribution is 5.61. The summed E-state index contributed by atoms with van der Waals surface area (Å²) in [6.45, 7) is 3.84. The van der Waals surface area contributed by atoms with Gasteiger partial charge in [0.05, 0.1) is 4.92 Å². The third-order valence-corrected chi connectivity index (χ3v) is 2.69. The third kappa shape index (κ3) is 3.60. The number of aliphatic hydroxyl groups excluding tert-OH is 1. The van der Waals surface area contributed by atoms with E-state index >= 15 is 0 Å². The number of nitrogens with two attached hydrogens (primary N) is 1. The van der Waals surface area contributed by atoms with Gasteiger partial charge in [0, 0.05) is 36.2 Å². The van der Waals surface area contributed by atoms with Crippen LogP contribution in [0.15, 0.2) is 18.2 Å². The van der Waals surface area contributed by atoms with E-state index in [0.29, 0.717) is 11.4 Å². The van der Waals surface area contributed by atoms with Crippen molar-refractivity contribution in [2.75, 3.05) is 17.7 Å². The molecule has 94 valence electrons. The van der Waals surface area contributed by atoms with E-state index in [0.717, 1.165) is 0 Å². The van der Waals surface area contributed by atoms with Crippen LogP contribution in [0.1, 0.15) is 13.8 Å². The zero-order valence-electron chi connectivity index (χ0n) is 9.88. The number of non-ortho nitro benzene ring substituents is 1. The zero-order chi connectivity index (χ0) is 13.0. The van der Waals surface area contributed by atoms with Crippen LogP contribution in [-0.4, -0.2) is 22.7 Å². The lowest BCUT2D eigenvalue weighted by molar-refractivity contribution is -0.384. The molecule has 0 aliphatic heterocycles. The third-order valence-electron chi connectivity index (χ3n) is 2.69. The topological polar surface area (TPSA) is 101 Å². The van der Waals surface area contributed by atoms with E-state index in [1.165, 1.54) is 12.1 Å². The Morgan fingerprint density at radius 2 is 2.12 bits per heavy atom. The summed E-state index contributed by atoms with van der Waals surface area (Å²) in [5, 5.41) is 22.8. The second-order valence-corrected chi connectivity index (χ2v) is 4.16. The highest BCUT2D eigenvalue weighted by Crippen LogP contribution is 2.23. The van der Waals surface area contributed by atoms with Gasteiger partial charge >= 0.3 is 0 Å². The maximum atomic E-state index is 10.7. The van der Waals surface area contributed by atoms with Crippen LogP contribution in [-0.2, 0) is 0 Å². The maximum absolute atomic E-state index is 10.7. The Kier molecular flexibility index (Phi) is 4.28. The largest absolute Gasteiger partial charge is 0.398 e. The smallest absolute Gasteiger partial charge is 0.273 e. The summed E-state index contributed by atoms with van der Waals surface area (Å²) in [5.41, 5.74) is 6.47. The molecule has 6 heteroatoms. The number of hydrogen-bond donors (Lipinski definition) is 3. The molecule has 0 heterocycles. The van der Waals surface area contributed by atoms with Crippen LogP contribution in [0.3, 0.4) is 0 Å². The van der Waals surface area contributed by atoms with Gasteiger partial charge in [0.15, 0.2) is 0 Å². The Bertz CT molecular complexity index is 409. The minimum absolute atomic E-state index is 0.00130. The number of nitro benzene ring substituents is 1. The quantitative estimate of drug-likeness (QED) is 0.411. The fraction of sp³-hybridized carbons (Fsp3) is 0.455. The molecule has 0 amide bonds. The van der Waals surface area contributed by atoms with Crippen LogP contribution in [0.5, 0.6) is 0 Å². The molecule has 0 fully saturated rings. The number of benzene rings is 1. The van der Waals surface area contributed by atoms with E-state index in [1.807, 2.05) is 13.8 Å². The van der Waals surface area contributed by atoms with Gasteiger partial charge in [-0.05, 0) is 18.9 Å². The molecule has 2 atom stereocenters. The number of rotatable bonds is 5. The minimum atomic E-state index is -0.484. The number of aliphatic hydroxyl groups is 1. The van der Waals surface area contributed by atoms with Gasteiger partial charge < -0.3 is 16.2 Å². The summed E-state index contributed by atoms with van der Waals surface area (Å²) < 4.78 is 0. The molecule has 0 saturated carbocycles. The summed E-state index contributed by atoms with van der Waals surface area (Å²) in [4.78, 5) is 10.2. The Morgan fingerprint density at radius 1 is 1.47 bits per heavy atom. The van der Waals surface area contributed by atoms with Crippen LogP contribution in [0.4, 0.5) is 17.1 Å². The summed E-state index contributed by atoms with van der Waals surface area (Å²) in [5.74, 6) is 0.0514. The van der Waals surface area contributed by atoms with Crippen molar-refractivity contribution in [1.29, 1.82) is 0 Å². The van der Waals surface area contributed by atoms with Crippen molar-refractivity contribution in [3.63, 3.8) is 0 Å². The summed E-state index contributed by atoms with van der Waals surface area (Å²) >= 11 is 0. The van der Waals surface area contributed by atoms with E-state index in [-0.39, 0.29) is 24.3 Å².